The molecule has 1 amide bonds. The van der Waals surface area contributed by atoms with Crippen LogP contribution < -0.4 is 11.1 Å². The van der Waals surface area contributed by atoms with Crippen molar-refractivity contribution in [3.05, 3.63) is 44.3 Å². The van der Waals surface area contributed by atoms with Gasteiger partial charge in [0.05, 0.1) is 10.7 Å². The fraction of sp³-hybridized carbons (Fsp3) is 0.231. The number of aromatic nitrogens is 1. The van der Waals surface area contributed by atoms with Gasteiger partial charge in [-0.15, -0.1) is 11.3 Å². The highest BCUT2D eigenvalue weighted by molar-refractivity contribution is 9.10. The summed E-state index contributed by atoms with van der Waals surface area (Å²) in [5.74, 6) is -0.104. The lowest BCUT2D eigenvalue weighted by Gasteiger charge is -2.05. The first kappa shape index (κ1) is 14.0. The third-order valence-electron chi connectivity index (χ3n) is 2.60. The second kappa shape index (κ2) is 6.16. The Morgan fingerprint density at radius 1 is 1.53 bits per heavy atom. The zero-order chi connectivity index (χ0) is 13.8. The molecule has 0 unspecified atom stereocenters. The standard InChI is InChI=1S/C13H14BrN3OS/c1-8-17-10(7-19-8)4-5-16-13(18)9-2-3-12(15)11(14)6-9/h2-3,6-7H,4-5,15H2,1H3,(H,16,18). The van der Waals surface area contributed by atoms with Crippen LogP contribution in [-0.2, 0) is 6.42 Å². The first-order valence-electron chi connectivity index (χ1n) is 5.80. The Morgan fingerprint density at radius 2 is 2.32 bits per heavy atom. The minimum Gasteiger partial charge on any atom is -0.398 e. The molecule has 0 aliphatic rings. The molecule has 0 fully saturated rings. The number of anilines is 1. The normalized spacial score (nSPS) is 10.4. The Balaban J connectivity index is 1.89. The minimum atomic E-state index is -0.104. The summed E-state index contributed by atoms with van der Waals surface area (Å²) in [6.07, 6.45) is 0.742. The third-order valence-corrected chi connectivity index (χ3v) is 4.10. The Bertz CT molecular complexity index is 597. The van der Waals surface area contributed by atoms with Crippen LogP contribution in [0.15, 0.2) is 28.1 Å². The summed E-state index contributed by atoms with van der Waals surface area (Å²) < 4.78 is 0.732. The molecule has 6 heteroatoms. The number of hydrogen-bond acceptors (Lipinski definition) is 4. The predicted octanol–water partition coefficient (Wildman–Crippen LogP) is 2.77. The number of carbonyl (C=O) groups excluding carboxylic acids is 1. The van der Waals surface area contributed by atoms with Crippen LogP contribution in [-0.4, -0.2) is 17.4 Å². The maximum atomic E-state index is 11.9. The summed E-state index contributed by atoms with van der Waals surface area (Å²) in [6, 6.07) is 5.14. The van der Waals surface area contributed by atoms with Gasteiger partial charge in [-0.05, 0) is 41.1 Å². The molecule has 0 aliphatic heterocycles. The second-order valence-electron chi connectivity index (χ2n) is 4.10. The molecule has 2 aromatic rings. The molecule has 1 aromatic heterocycles. The first-order valence-corrected chi connectivity index (χ1v) is 7.48. The van der Waals surface area contributed by atoms with Crippen molar-refractivity contribution >= 4 is 38.9 Å². The van der Waals surface area contributed by atoms with E-state index in [1.165, 1.54) is 0 Å². The molecule has 1 aromatic carbocycles. The number of halogens is 1. The summed E-state index contributed by atoms with van der Waals surface area (Å²) in [6.45, 7) is 2.54. The number of carbonyl (C=O) groups is 1. The fourth-order valence-electron chi connectivity index (χ4n) is 1.60. The van der Waals surface area contributed by atoms with Gasteiger partial charge in [0.15, 0.2) is 0 Å². The van der Waals surface area contributed by atoms with E-state index < -0.39 is 0 Å². The van der Waals surface area contributed by atoms with Gasteiger partial charge in [0, 0.05) is 34.1 Å². The van der Waals surface area contributed by atoms with Crippen LogP contribution in [0.2, 0.25) is 0 Å². The quantitative estimate of drug-likeness (QED) is 0.841. The van der Waals surface area contributed by atoms with Gasteiger partial charge in [-0.2, -0.15) is 0 Å². The zero-order valence-electron chi connectivity index (χ0n) is 10.4. The highest BCUT2D eigenvalue weighted by atomic mass is 79.9. The summed E-state index contributed by atoms with van der Waals surface area (Å²) in [5, 5.41) is 5.93. The minimum absolute atomic E-state index is 0.104. The molecular formula is C13H14BrN3OS. The molecule has 0 spiro atoms. The number of nitrogen functional groups attached to an aromatic ring is 1. The van der Waals surface area contributed by atoms with E-state index in [2.05, 4.69) is 26.2 Å². The van der Waals surface area contributed by atoms with Crippen LogP contribution >= 0.6 is 27.3 Å². The molecule has 19 heavy (non-hydrogen) atoms. The van der Waals surface area contributed by atoms with Crippen LogP contribution in [0, 0.1) is 6.92 Å². The maximum Gasteiger partial charge on any atom is 0.251 e. The average Bonchev–Trinajstić information content (AvgIpc) is 2.78. The van der Waals surface area contributed by atoms with E-state index in [1.807, 2.05) is 12.3 Å². The molecular weight excluding hydrogens is 326 g/mol. The van der Waals surface area contributed by atoms with Crippen LogP contribution in [0.25, 0.3) is 0 Å². The van der Waals surface area contributed by atoms with E-state index in [-0.39, 0.29) is 5.91 Å². The summed E-state index contributed by atoms with van der Waals surface area (Å²) >= 11 is 4.93. The van der Waals surface area contributed by atoms with Gasteiger partial charge in [-0.25, -0.2) is 4.98 Å². The maximum absolute atomic E-state index is 11.9. The monoisotopic (exact) mass is 339 g/mol. The summed E-state index contributed by atoms with van der Waals surface area (Å²) in [4.78, 5) is 16.3. The van der Waals surface area contributed by atoms with E-state index in [4.69, 9.17) is 5.73 Å². The molecule has 4 nitrogen and oxygen atoms in total. The summed E-state index contributed by atoms with van der Waals surface area (Å²) in [7, 11) is 0. The second-order valence-corrected chi connectivity index (χ2v) is 6.02. The van der Waals surface area contributed by atoms with Gasteiger partial charge in [0.2, 0.25) is 0 Å². The number of nitrogens with zero attached hydrogens (tertiary/aromatic N) is 1. The predicted molar refractivity (Wildman–Crippen MR) is 81.4 cm³/mol. The Labute approximate surface area is 124 Å². The molecule has 0 saturated heterocycles. The molecule has 0 aliphatic carbocycles. The number of aryl methyl sites for hydroxylation is 1. The van der Waals surface area contributed by atoms with Crippen LogP contribution in [0.3, 0.4) is 0 Å². The first-order chi connectivity index (χ1) is 9.06. The molecule has 2 rings (SSSR count). The van der Waals surface area contributed by atoms with E-state index in [0.29, 0.717) is 17.8 Å². The highest BCUT2D eigenvalue weighted by Gasteiger charge is 2.07. The van der Waals surface area contributed by atoms with Crippen molar-refractivity contribution < 1.29 is 4.79 Å². The highest BCUT2D eigenvalue weighted by Crippen LogP contribution is 2.20. The SMILES string of the molecule is Cc1nc(CCNC(=O)c2ccc(N)c(Br)c2)cs1. The van der Waals surface area contributed by atoms with Crippen molar-refractivity contribution in [2.75, 3.05) is 12.3 Å². The Morgan fingerprint density at radius 3 is 2.95 bits per heavy atom. The molecule has 0 bridgehead atoms. The molecule has 100 valence electrons. The van der Waals surface area contributed by atoms with Crippen molar-refractivity contribution in [3.63, 3.8) is 0 Å². The Kier molecular flexibility index (Phi) is 4.55. The lowest BCUT2D eigenvalue weighted by molar-refractivity contribution is 0.0954. The number of nitrogens with two attached hydrogens (primary N) is 1. The van der Waals surface area contributed by atoms with Crippen molar-refractivity contribution in [1.82, 2.24) is 10.3 Å². The van der Waals surface area contributed by atoms with Crippen molar-refractivity contribution in [2.45, 2.75) is 13.3 Å². The van der Waals surface area contributed by atoms with Crippen LogP contribution in [0.5, 0.6) is 0 Å². The number of amides is 1. The lowest BCUT2D eigenvalue weighted by Crippen LogP contribution is -2.25. The molecule has 0 radical (unpaired) electrons. The van der Waals surface area contributed by atoms with Crippen molar-refractivity contribution in [3.8, 4) is 0 Å². The molecule has 3 N–H and O–H groups in total. The molecule has 0 saturated carbocycles. The lowest BCUT2D eigenvalue weighted by atomic mass is 10.2. The van der Waals surface area contributed by atoms with E-state index in [1.54, 1.807) is 29.5 Å². The number of nitrogens with one attached hydrogen (secondary N) is 1. The average molecular weight is 340 g/mol. The van der Waals surface area contributed by atoms with Gasteiger partial charge < -0.3 is 11.1 Å². The topological polar surface area (TPSA) is 68.0 Å². The third kappa shape index (κ3) is 3.78. The van der Waals surface area contributed by atoms with Crippen LogP contribution in [0.4, 0.5) is 5.69 Å². The largest absolute Gasteiger partial charge is 0.398 e. The number of hydrogen-bond donors (Lipinski definition) is 2. The summed E-state index contributed by atoms with van der Waals surface area (Å²) in [5.41, 5.74) is 7.91. The Hall–Kier alpha value is -1.40. The van der Waals surface area contributed by atoms with Crippen LogP contribution in [0.1, 0.15) is 21.1 Å². The van der Waals surface area contributed by atoms with Gasteiger partial charge in [-0.1, -0.05) is 0 Å². The van der Waals surface area contributed by atoms with E-state index in [9.17, 15) is 4.79 Å². The van der Waals surface area contributed by atoms with Crippen molar-refractivity contribution in [2.24, 2.45) is 0 Å². The zero-order valence-corrected chi connectivity index (χ0v) is 12.8. The van der Waals surface area contributed by atoms with Gasteiger partial charge in [0.1, 0.15) is 0 Å². The van der Waals surface area contributed by atoms with E-state index in [0.717, 1.165) is 21.6 Å². The fourth-order valence-corrected chi connectivity index (χ4v) is 2.62. The molecule has 1 heterocycles. The van der Waals surface area contributed by atoms with Gasteiger partial charge in [0.25, 0.3) is 5.91 Å². The smallest absolute Gasteiger partial charge is 0.251 e. The van der Waals surface area contributed by atoms with Gasteiger partial charge in [-0.3, -0.25) is 4.79 Å². The van der Waals surface area contributed by atoms with Gasteiger partial charge >= 0.3 is 0 Å². The number of rotatable bonds is 4. The molecule has 0 atom stereocenters. The number of thiazole rings is 1. The van der Waals surface area contributed by atoms with E-state index >= 15 is 0 Å². The number of benzene rings is 1. The van der Waals surface area contributed by atoms with Crippen molar-refractivity contribution in [1.29, 1.82) is 0 Å².